The number of hydrogen-bond donors (Lipinski definition) is 1. The lowest BCUT2D eigenvalue weighted by Gasteiger charge is -2.27. The minimum Gasteiger partial charge on any atom is -0.350 e. The third-order valence-corrected chi connectivity index (χ3v) is 5.42. The van der Waals surface area contributed by atoms with E-state index in [1.54, 1.807) is 28.0 Å². The van der Waals surface area contributed by atoms with Crippen LogP contribution < -0.4 is 5.32 Å². The number of likely N-dealkylation sites (tertiary alicyclic amines) is 2. The molecular formula is C19H23Cl2N3O3. The number of benzene rings is 1. The fourth-order valence-corrected chi connectivity index (χ4v) is 4.26. The van der Waals surface area contributed by atoms with Crippen LogP contribution in [0.5, 0.6) is 0 Å². The Balaban J connectivity index is 1.63. The monoisotopic (exact) mass is 411 g/mol. The summed E-state index contributed by atoms with van der Waals surface area (Å²) in [5.41, 5.74) is 0.378. The summed E-state index contributed by atoms with van der Waals surface area (Å²) in [5, 5.41) is 3.72. The molecule has 0 saturated carbocycles. The van der Waals surface area contributed by atoms with Crippen LogP contribution in [0.2, 0.25) is 10.0 Å². The van der Waals surface area contributed by atoms with Gasteiger partial charge in [-0.25, -0.2) is 0 Å². The summed E-state index contributed by atoms with van der Waals surface area (Å²) in [5.74, 6) is -0.306. The van der Waals surface area contributed by atoms with Gasteiger partial charge in [-0.2, -0.15) is 0 Å². The van der Waals surface area contributed by atoms with Crippen LogP contribution in [0.1, 0.15) is 43.0 Å². The summed E-state index contributed by atoms with van der Waals surface area (Å²) < 4.78 is 0. The van der Waals surface area contributed by atoms with Gasteiger partial charge in [0.15, 0.2) is 0 Å². The van der Waals surface area contributed by atoms with Crippen molar-refractivity contribution in [3.63, 3.8) is 0 Å². The largest absolute Gasteiger partial charge is 0.350 e. The summed E-state index contributed by atoms with van der Waals surface area (Å²) >= 11 is 12.0. The van der Waals surface area contributed by atoms with Gasteiger partial charge in [0.05, 0.1) is 0 Å². The average Bonchev–Trinajstić information content (AvgIpc) is 3.23. The molecule has 0 spiro atoms. The van der Waals surface area contributed by atoms with E-state index < -0.39 is 6.04 Å². The minimum absolute atomic E-state index is 0.131. The Bertz CT molecular complexity index is 735. The minimum atomic E-state index is -0.521. The first kappa shape index (κ1) is 20.0. The number of nitrogens with one attached hydrogen (secondary N) is 1. The maximum atomic E-state index is 12.8. The molecule has 0 aliphatic carbocycles. The molecule has 3 rings (SSSR count). The van der Waals surface area contributed by atoms with Crippen LogP contribution in [0.15, 0.2) is 18.2 Å². The highest BCUT2D eigenvalue weighted by Gasteiger charge is 2.35. The van der Waals surface area contributed by atoms with E-state index >= 15 is 0 Å². The molecule has 2 saturated heterocycles. The predicted molar refractivity (Wildman–Crippen MR) is 104 cm³/mol. The fraction of sp³-hybridized carbons (Fsp3) is 0.526. The Morgan fingerprint density at radius 3 is 2.52 bits per heavy atom. The molecule has 0 bridgehead atoms. The molecule has 146 valence electrons. The number of nitrogens with zero attached hydrogens (tertiary/aromatic N) is 2. The number of amides is 3. The van der Waals surface area contributed by atoms with E-state index in [2.05, 4.69) is 5.32 Å². The van der Waals surface area contributed by atoms with Crippen molar-refractivity contribution < 1.29 is 14.4 Å². The van der Waals surface area contributed by atoms with Gasteiger partial charge in [0.2, 0.25) is 11.8 Å². The second-order valence-corrected chi connectivity index (χ2v) is 8.04. The topological polar surface area (TPSA) is 69.7 Å². The average molecular weight is 412 g/mol. The lowest BCUT2D eigenvalue weighted by molar-refractivity contribution is -0.129. The molecule has 6 nitrogen and oxygen atoms in total. The van der Waals surface area contributed by atoms with Crippen LogP contribution in [0.25, 0.3) is 0 Å². The van der Waals surface area contributed by atoms with Crippen molar-refractivity contribution >= 4 is 40.9 Å². The van der Waals surface area contributed by atoms with E-state index in [0.717, 1.165) is 19.4 Å². The maximum Gasteiger partial charge on any atom is 0.254 e. The van der Waals surface area contributed by atoms with Gasteiger partial charge in [0.1, 0.15) is 6.04 Å². The molecule has 0 unspecified atom stereocenters. The van der Waals surface area contributed by atoms with Gasteiger partial charge in [0, 0.05) is 47.7 Å². The zero-order valence-corrected chi connectivity index (χ0v) is 16.7. The van der Waals surface area contributed by atoms with Gasteiger partial charge in [0.25, 0.3) is 5.91 Å². The molecule has 1 aromatic carbocycles. The van der Waals surface area contributed by atoms with Crippen molar-refractivity contribution in [3.8, 4) is 0 Å². The Morgan fingerprint density at radius 2 is 1.89 bits per heavy atom. The van der Waals surface area contributed by atoms with Crippen molar-refractivity contribution in [2.45, 2.75) is 44.7 Å². The lowest BCUT2D eigenvalue weighted by atomic mass is 10.1. The second kappa shape index (κ2) is 8.48. The Hall–Kier alpha value is -1.79. The van der Waals surface area contributed by atoms with Gasteiger partial charge in [-0.15, -0.1) is 0 Å². The SMILES string of the molecule is C[C@@H](CN1CCCC1=O)NC(=O)[C@@H]1CCCN1C(=O)c1cc(Cl)cc(Cl)c1. The van der Waals surface area contributed by atoms with Gasteiger partial charge in [-0.1, -0.05) is 23.2 Å². The summed E-state index contributed by atoms with van der Waals surface area (Å²) in [6.45, 7) is 3.62. The number of rotatable bonds is 5. The molecule has 2 fully saturated rings. The van der Waals surface area contributed by atoms with Crippen molar-refractivity contribution in [3.05, 3.63) is 33.8 Å². The molecule has 3 amide bonds. The smallest absolute Gasteiger partial charge is 0.254 e. The molecule has 2 atom stereocenters. The van der Waals surface area contributed by atoms with Crippen molar-refractivity contribution in [1.82, 2.24) is 15.1 Å². The van der Waals surface area contributed by atoms with Crippen LogP contribution in [0, 0.1) is 0 Å². The fourth-order valence-electron chi connectivity index (χ4n) is 3.74. The van der Waals surface area contributed by atoms with Crippen LogP contribution in [0.4, 0.5) is 0 Å². The zero-order valence-electron chi connectivity index (χ0n) is 15.2. The molecular weight excluding hydrogens is 389 g/mol. The number of halogens is 2. The van der Waals surface area contributed by atoms with E-state index in [-0.39, 0.29) is 23.8 Å². The van der Waals surface area contributed by atoms with Crippen molar-refractivity contribution in [2.75, 3.05) is 19.6 Å². The molecule has 27 heavy (non-hydrogen) atoms. The second-order valence-electron chi connectivity index (χ2n) is 7.17. The van der Waals surface area contributed by atoms with Crippen LogP contribution >= 0.6 is 23.2 Å². The van der Waals surface area contributed by atoms with Gasteiger partial charge >= 0.3 is 0 Å². The standard InChI is InChI=1S/C19H23Cl2N3O3/c1-12(11-23-6-3-5-17(23)25)22-18(26)16-4-2-7-24(16)19(27)13-8-14(20)10-15(21)9-13/h8-10,12,16H,2-7,11H2,1H3,(H,22,26)/t12-,16-/m0/s1. The normalized spacial score (nSPS) is 20.9. The highest BCUT2D eigenvalue weighted by Crippen LogP contribution is 2.24. The molecule has 8 heteroatoms. The van der Waals surface area contributed by atoms with Crippen LogP contribution in [0.3, 0.4) is 0 Å². The quantitative estimate of drug-likeness (QED) is 0.809. The summed E-state index contributed by atoms with van der Waals surface area (Å²) in [7, 11) is 0. The molecule has 2 heterocycles. The summed E-state index contributed by atoms with van der Waals surface area (Å²) in [6, 6.07) is 4.00. The van der Waals surface area contributed by atoms with Crippen LogP contribution in [-0.4, -0.2) is 59.2 Å². The first-order valence-electron chi connectivity index (χ1n) is 9.20. The Labute approximate surface area is 168 Å². The van der Waals surface area contributed by atoms with Crippen molar-refractivity contribution in [2.24, 2.45) is 0 Å². The van der Waals surface area contributed by atoms with E-state index in [9.17, 15) is 14.4 Å². The molecule has 1 aromatic rings. The molecule has 1 N–H and O–H groups in total. The van der Waals surface area contributed by atoms with Crippen molar-refractivity contribution in [1.29, 1.82) is 0 Å². The Kier molecular flexibility index (Phi) is 6.27. The lowest BCUT2D eigenvalue weighted by Crippen LogP contribution is -2.50. The van der Waals surface area contributed by atoms with E-state index in [4.69, 9.17) is 23.2 Å². The van der Waals surface area contributed by atoms with Gasteiger partial charge < -0.3 is 15.1 Å². The molecule has 2 aliphatic heterocycles. The predicted octanol–water partition coefficient (Wildman–Crippen LogP) is 2.73. The van der Waals surface area contributed by atoms with Crippen LogP contribution in [-0.2, 0) is 9.59 Å². The molecule has 0 radical (unpaired) electrons. The molecule has 0 aromatic heterocycles. The molecule has 2 aliphatic rings. The number of carbonyl (C=O) groups excluding carboxylic acids is 3. The first-order chi connectivity index (χ1) is 12.8. The van der Waals surface area contributed by atoms with E-state index in [1.165, 1.54) is 0 Å². The summed E-state index contributed by atoms with van der Waals surface area (Å²) in [4.78, 5) is 40.7. The van der Waals surface area contributed by atoms with E-state index in [1.807, 2.05) is 6.92 Å². The maximum absolute atomic E-state index is 12.8. The third-order valence-electron chi connectivity index (χ3n) is 4.98. The highest BCUT2D eigenvalue weighted by atomic mass is 35.5. The highest BCUT2D eigenvalue weighted by molar-refractivity contribution is 6.35. The number of hydrogen-bond acceptors (Lipinski definition) is 3. The van der Waals surface area contributed by atoms with E-state index in [0.29, 0.717) is 41.5 Å². The zero-order chi connectivity index (χ0) is 19.6. The summed E-state index contributed by atoms with van der Waals surface area (Å²) in [6.07, 6.45) is 2.82. The first-order valence-corrected chi connectivity index (χ1v) is 9.96. The number of carbonyl (C=O) groups is 3. The third kappa shape index (κ3) is 4.74. The van der Waals surface area contributed by atoms with Gasteiger partial charge in [-0.3, -0.25) is 14.4 Å². The van der Waals surface area contributed by atoms with Gasteiger partial charge in [-0.05, 0) is 44.4 Å². The Morgan fingerprint density at radius 1 is 1.19 bits per heavy atom.